The van der Waals surface area contributed by atoms with E-state index >= 15 is 0 Å². The number of anilines is 1. The van der Waals surface area contributed by atoms with Gasteiger partial charge in [-0.15, -0.1) is 0 Å². The molecule has 0 unspecified atom stereocenters. The molecule has 5 aliphatic rings. The molecule has 1 saturated heterocycles. The predicted octanol–water partition coefficient (Wildman–Crippen LogP) is 3.87. The van der Waals surface area contributed by atoms with Crippen LogP contribution in [0.15, 0.2) is 18.2 Å². The highest BCUT2D eigenvalue weighted by atomic mass is 16.5. The quantitative estimate of drug-likeness (QED) is 0.812. The van der Waals surface area contributed by atoms with E-state index in [2.05, 4.69) is 28.9 Å². The van der Waals surface area contributed by atoms with Crippen molar-refractivity contribution in [1.29, 1.82) is 0 Å². The molecule has 1 amide bonds. The van der Waals surface area contributed by atoms with Gasteiger partial charge >= 0.3 is 0 Å². The molecule has 5 fully saturated rings. The summed E-state index contributed by atoms with van der Waals surface area (Å²) in [7, 11) is 1.72. The van der Waals surface area contributed by atoms with E-state index in [0.29, 0.717) is 5.91 Å². The van der Waals surface area contributed by atoms with Crippen molar-refractivity contribution in [2.45, 2.75) is 45.4 Å². The Hall–Kier alpha value is -1.71. The van der Waals surface area contributed by atoms with Crippen LogP contribution in [0.2, 0.25) is 0 Å². The molecular weight excluding hydrogens is 336 g/mol. The SMILES string of the molecule is COc1ccc(C)c(N2CCN(C(=O)C34CC5CC(CC(C5)C3)C4)CC2)c1. The smallest absolute Gasteiger partial charge is 0.228 e. The Kier molecular flexibility index (Phi) is 4.14. The zero-order chi connectivity index (χ0) is 18.6. The van der Waals surface area contributed by atoms with Crippen molar-refractivity contribution in [1.82, 2.24) is 4.90 Å². The lowest BCUT2D eigenvalue weighted by atomic mass is 9.49. The average Bonchev–Trinajstić information content (AvgIpc) is 2.67. The van der Waals surface area contributed by atoms with Crippen LogP contribution in [0.3, 0.4) is 0 Å². The molecule has 0 radical (unpaired) electrons. The van der Waals surface area contributed by atoms with E-state index < -0.39 is 0 Å². The van der Waals surface area contributed by atoms with Crippen molar-refractivity contribution in [2.75, 3.05) is 38.2 Å². The first-order valence-corrected chi connectivity index (χ1v) is 10.8. The van der Waals surface area contributed by atoms with Gasteiger partial charge in [-0.1, -0.05) is 6.07 Å². The van der Waals surface area contributed by atoms with Crippen molar-refractivity contribution in [3.8, 4) is 5.75 Å². The molecule has 0 atom stereocenters. The normalized spacial score (nSPS) is 34.8. The maximum Gasteiger partial charge on any atom is 0.228 e. The molecule has 0 aromatic heterocycles. The van der Waals surface area contributed by atoms with Gasteiger partial charge in [-0.3, -0.25) is 4.79 Å². The fourth-order valence-electron chi connectivity index (χ4n) is 6.92. The van der Waals surface area contributed by atoms with Crippen LogP contribution >= 0.6 is 0 Å². The fourth-order valence-corrected chi connectivity index (χ4v) is 6.92. The number of nitrogens with zero attached hydrogens (tertiary/aromatic N) is 2. The fraction of sp³-hybridized carbons (Fsp3) is 0.696. The molecule has 4 heteroatoms. The Morgan fingerprint density at radius 1 is 1.00 bits per heavy atom. The number of hydrogen-bond acceptors (Lipinski definition) is 3. The van der Waals surface area contributed by atoms with Crippen molar-refractivity contribution in [3.63, 3.8) is 0 Å². The summed E-state index contributed by atoms with van der Waals surface area (Å²) in [6.45, 7) is 5.72. The molecule has 4 aliphatic carbocycles. The maximum atomic E-state index is 13.5. The van der Waals surface area contributed by atoms with Crippen LogP contribution in [0, 0.1) is 30.1 Å². The van der Waals surface area contributed by atoms with Gasteiger partial charge in [-0.25, -0.2) is 0 Å². The first-order valence-electron chi connectivity index (χ1n) is 10.8. The number of carbonyl (C=O) groups is 1. The van der Waals surface area contributed by atoms with Gasteiger partial charge in [0.1, 0.15) is 5.75 Å². The number of rotatable bonds is 3. The number of amides is 1. The first kappa shape index (κ1) is 17.4. The van der Waals surface area contributed by atoms with Gasteiger partial charge in [-0.2, -0.15) is 0 Å². The molecule has 27 heavy (non-hydrogen) atoms. The van der Waals surface area contributed by atoms with Crippen LogP contribution in [-0.2, 0) is 4.79 Å². The highest BCUT2D eigenvalue weighted by Gasteiger charge is 2.55. The molecule has 0 spiro atoms. The molecule has 6 rings (SSSR count). The van der Waals surface area contributed by atoms with Gasteiger partial charge in [0.05, 0.1) is 12.5 Å². The van der Waals surface area contributed by atoms with Crippen molar-refractivity contribution in [2.24, 2.45) is 23.2 Å². The molecule has 146 valence electrons. The van der Waals surface area contributed by atoms with E-state index in [1.807, 2.05) is 6.07 Å². The lowest BCUT2D eigenvalue weighted by molar-refractivity contribution is -0.158. The summed E-state index contributed by atoms with van der Waals surface area (Å²) in [5.41, 5.74) is 2.52. The second-order valence-electron chi connectivity index (χ2n) is 9.63. The van der Waals surface area contributed by atoms with E-state index in [4.69, 9.17) is 4.74 Å². The summed E-state index contributed by atoms with van der Waals surface area (Å²) in [5.74, 6) is 3.90. The number of aryl methyl sites for hydroxylation is 1. The summed E-state index contributed by atoms with van der Waals surface area (Å²) in [6.07, 6.45) is 7.72. The third-order valence-corrected chi connectivity index (χ3v) is 7.82. The topological polar surface area (TPSA) is 32.8 Å². The van der Waals surface area contributed by atoms with Gasteiger partial charge in [-0.05, 0) is 74.8 Å². The van der Waals surface area contributed by atoms with Crippen molar-refractivity contribution >= 4 is 11.6 Å². The van der Waals surface area contributed by atoms with Crippen molar-refractivity contribution in [3.05, 3.63) is 23.8 Å². The largest absolute Gasteiger partial charge is 0.497 e. The Balaban J connectivity index is 1.28. The monoisotopic (exact) mass is 368 g/mol. The molecule has 4 bridgehead atoms. The number of hydrogen-bond donors (Lipinski definition) is 0. The van der Waals surface area contributed by atoms with E-state index in [0.717, 1.165) is 49.7 Å². The van der Waals surface area contributed by atoms with Gasteiger partial charge < -0.3 is 14.5 Å². The van der Waals surface area contributed by atoms with Crippen molar-refractivity contribution < 1.29 is 9.53 Å². The van der Waals surface area contributed by atoms with E-state index in [-0.39, 0.29) is 5.41 Å². The van der Waals surface area contributed by atoms with Gasteiger partial charge in [0.15, 0.2) is 0 Å². The predicted molar refractivity (Wildman–Crippen MR) is 107 cm³/mol. The second-order valence-corrected chi connectivity index (χ2v) is 9.63. The molecule has 1 aromatic rings. The minimum Gasteiger partial charge on any atom is -0.497 e. The summed E-state index contributed by atoms with van der Waals surface area (Å²) in [5, 5.41) is 0. The number of piperazine rings is 1. The highest BCUT2D eigenvalue weighted by Crippen LogP contribution is 2.60. The highest BCUT2D eigenvalue weighted by molar-refractivity contribution is 5.83. The number of ether oxygens (including phenoxy) is 1. The van der Waals surface area contributed by atoms with E-state index in [1.54, 1.807) is 7.11 Å². The van der Waals surface area contributed by atoms with Crippen LogP contribution < -0.4 is 9.64 Å². The standard InChI is InChI=1S/C23H32N2O2/c1-16-3-4-20(27-2)12-21(16)24-5-7-25(8-6-24)22(26)23-13-17-9-18(14-23)11-19(10-17)15-23/h3-4,12,17-19H,5-11,13-15H2,1-2H3. The molecule has 1 aromatic carbocycles. The van der Waals surface area contributed by atoms with E-state index in [9.17, 15) is 4.79 Å². The second kappa shape index (κ2) is 6.42. The summed E-state index contributed by atoms with van der Waals surface area (Å²) >= 11 is 0. The molecule has 4 saturated carbocycles. The average molecular weight is 369 g/mol. The number of benzene rings is 1. The molecular formula is C23H32N2O2. The molecule has 0 N–H and O–H groups in total. The minimum atomic E-state index is 0.00278. The Morgan fingerprint density at radius 3 is 2.15 bits per heavy atom. The molecule has 1 aliphatic heterocycles. The van der Waals surface area contributed by atoms with Crippen LogP contribution in [0.4, 0.5) is 5.69 Å². The lowest BCUT2D eigenvalue weighted by Gasteiger charge is -2.57. The minimum absolute atomic E-state index is 0.00278. The molecule has 1 heterocycles. The number of carbonyl (C=O) groups excluding carboxylic acids is 1. The zero-order valence-electron chi connectivity index (χ0n) is 16.7. The van der Waals surface area contributed by atoms with Gasteiger partial charge in [0.25, 0.3) is 0 Å². The number of methoxy groups -OCH3 is 1. The first-order chi connectivity index (χ1) is 13.1. The zero-order valence-corrected chi connectivity index (χ0v) is 16.7. The summed E-state index contributed by atoms with van der Waals surface area (Å²) in [4.78, 5) is 18.2. The van der Waals surface area contributed by atoms with E-state index in [1.165, 1.54) is 49.8 Å². The third-order valence-electron chi connectivity index (χ3n) is 7.82. The van der Waals surface area contributed by atoms with Crippen LogP contribution in [-0.4, -0.2) is 44.1 Å². The Labute approximate surface area is 162 Å². The summed E-state index contributed by atoms with van der Waals surface area (Å²) < 4.78 is 5.41. The Morgan fingerprint density at radius 2 is 1.59 bits per heavy atom. The maximum absolute atomic E-state index is 13.5. The summed E-state index contributed by atoms with van der Waals surface area (Å²) in [6, 6.07) is 6.28. The third kappa shape index (κ3) is 2.92. The molecule has 4 nitrogen and oxygen atoms in total. The lowest BCUT2D eigenvalue weighted by Crippen LogP contribution is -2.58. The van der Waals surface area contributed by atoms with Gasteiger partial charge in [0, 0.05) is 37.9 Å². The van der Waals surface area contributed by atoms with Crippen LogP contribution in [0.5, 0.6) is 5.75 Å². The van der Waals surface area contributed by atoms with Gasteiger partial charge in [0.2, 0.25) is 5.91 Å². The van der Waals surface area contributed by atoms with Crippen LogP contribution in [0.25, 0.3) is 0 Å². The Bertz CT molecular complexity index is 701. The van der Waals surface area contributed by atoms with Crippen LogP contribution in [0.1, 0.15) is 44.1 Å².